The molecule has 2 heterocycles. The topological polar surface area (TPSA) is 12.5 Å². The molecular weight excluding hydrogens is 230 g/mol. The Morgan fingerprint density at radius 3 is 2.46 bits per heavy atom. The van der Waals surface area contributed by atoms with E-state index in [1.807, 2.05) is 0 Å². The Morgan fingerprint density at radius 1 is 1.31 bits per heavy atom. The summed E-state index contributed by atoms with van der Waals surface area (Å²) in [5.41, 5.74) is 0. The normalized spacial score (nSPS) is 39.7. The first-order valence-electron chi connectivity index (χ1n) is 5.20. The van der Waals surface area contributed by atoms with E-state index >= 15 is 0 Å². The second kappa shape index (κ2) is 4.28. The first-order chi connectivity index (χ1) is 6.31. The molecule has 2 nitrogen and oxygen atoms in total. The molecule has 2 saturated heterocycles. The molecule has 0 radical (unpaired) electrons. The van der Waals surface area contributed by atoms with Crippen LogP contribution in [0.5, 0.6) is 0 Å². The van der Waals surface area contributed by atoms with Crippen LogP contribution in [0.4, 0.5) is 0 Å². The van der Waals surface area contributed by atoms with Gasteiger partial charge in [-0.05, 0) is 32.7 Å². The summed E-state index contributed by atoms with van der Waals surface area (Å²) in [5, 5.41) is 0.967. The van der Waals surface area contributed by atoms with Gasteiger partial charge in [0.1, 0.15) is 0 Å². The first kappa shape index (κ1) is 9.94. The van der Waals surface area contributed by atoms with Gasteiger partial charge >= 0.3 is 0 Å². The van der Waals surface area contributed by atoms with Gasteiger partial charge < -0.3 is 9.64 Å². The Labute approximate surface area is 88.8 Å². The molecule has 2 unspecified atom stereocenters. The van der Waals surface area contributed by atoms with Gasteiger partial charge in [0.05, 0.1) is 12.7 Å². The van der Waals surface area contributed by atoms with Gasteiger partial charge in [-0.25, -0.2) is 0 Å². The summed E-state index contributed by atoms with van der Waals surface area (Å²) in [7, 11) is 2.27. The van der Waals surface area contributed by atoms with Crippen LogP contribution in [-0.2, 0) is 4.74 Å². The molecule has 3 heteroatoms. The summed E-state index contributed by atoms with van der Waals surface area (Å²) in [6, 6.07) is 1.61. The lowest BCUT2D eigenvalue weighted by atomic mass is 10.0. The molecule has 0 spiro atoms. The van der Waals surface area contributed by atoms with Crippen LogP contribution in [0.2, 0.25) is 0 Å². The van der Waals surface area contributed by atoms with E-state index in [1.54, 1.807) is 0 Å². The molecule has 0 N–H and O–H groups in total. The van der Waals surface area contributed by atoms with Gasteiger partial charge in [0, 0.05) is 17.4 Å². The lowest BCUT2D eigenvalue weighted by Gasteiger charge is -2.36. The number of halogens is 1. The van der Waals surface area contributed by atoms with E-state index in [1.165, 1.54) is 25.7 Å². The highest BCUT2D eigenvalue weighted by atomic mass is 79.9. The smallest absolute Gasteiger partial charge is 0.0605 e. The minimum absolute atomic E-state index is 0.534. The molecular formula is C10H18BrNO. The molecule has 2 aliphatic heterocycles. The van der Waals surface area contributed by atoms with E-state index in [9.17, 15) is 0 Å². The summed E-state index contributed by atoms with van der Waals surface area (Å²) in [6.07, 6.45) is 5.80. The molecule has 0 aromatic heterocycles. The second-order valence-corrected chi connectivity index (χ2v) is 5.00. The van der Waals surface area contributed by atoms with E-state index in [0.29, 0.717) is 6.10 Å². The van der Waals surface area contributed by atoms with Crippen molar-refractivity contribution in [3.05, 3.63) is 0 Å². The molecule has 2 fully saturated rings. The highest BCUT2D eigenvalue weighted by Crippen LogP contribution is 2.35. The molecule has 76 valence electrons. The molecule has 0 aliphatic carbocycles. The molecule has 2 bridgehead atoms. The van der Waals surface area contributed by atoms with Crippen molar-refractivity contribution in [2.24, 2.45) is 0 Å². The zero-order valence-electron chi connectivity index (χ0n) is 8.21. The number of ether oxygens (including phenoxy) is 1. The fourth-order valence-corrected chi connectivity index (χ4v) is 2.90. The van der Waals surface area contributed by atoms with Gasteiger partial charge in [0.25, 0.3) is 0 Å². The van der Waals surface area contributed by atoms with E-state index in [2.05, 4.69) is 27.9 Å². The average molecular weight is 248 g/mol. The number of hydrogen-bond donors (Lipinski definition) is 0. The fourth-order valence-electron chi connectivity index (χ4n) is 2.71. The number of nitrogens with zero attached hydrogens (tertiary/aromatic N) is 1. The molecule has 13 heavy (non-hydrogen) atoms. The van der Waals surface area contributed by atoms with Crippen LogP contribution in [0.25, 0.3) is 0 Å². The monoisotopic (exact) mass is 247 g/mol. The first-order valence-corrected chi connectivity index (χ1v) is 6.33. The minimum Gasteiger partial charge on any atom is -0.377 e. The van der Waals surface area contributed by atoms with Crippen LogP contribution >= 0.6 is 15.9 Å². The van der Waals surface area contributed by atoms with Gasteiger partial charge in [0.15, 0.2) is 0 Å². The summed E-state index contributed by atoms with van der Waals surface area (Å²) in [6.45, 7) is 0.869. The van der Waals surface area contributed by atoms with Crippen molar-refractivity contribution < 1.29 is 4.74 Å². The summed E-state index contributed by atoms with van der Waals surface area (Å²) < 4.78 is 5.79. The Hall–Kier alpha value is 0.400. The molecule has 2 aliphatic rings. The van der Waals surface area contributed by atoms with Crippen molar-refractivity contribution in [2.75, 3.05) is 19.0 Å². The van der Waals surface area contributed by atoms with E-state index in [-0.39, 0.29) is 0 Å². The molecule has 2 rings (SSSR count). The van der Waals surface area contributed by atoms with Crippen LogP contribution in [0.1, 0.15) is 25.7 Å². The lowest BCUT2D eigenvalue weighted by Crippen LogP contribution is -2.42. The predicted octanol–water partition coefficient (Wildman–Crippen LogP) is 2.02. The van der Waals surface area contributed by atoms with Crippen molar-refractivity contribution in [3.63, 3.8) is 0 Å². The average Bonchev–Trinajstić information content (AvgIpc) is 2.41. The fraction of sp³-hybridized carbons (Fsp3) is 1.00. The summed E-state index contributed by atoms with van der Waals surface area (Å²) in [4.78, 5) is 2.55. The predicted molar refractivity (Wildman–Crippen MR) is 57.3 cm³/mol. The minimum atomic E-state index is 0.534. The van der Waals surface area contributed by atoms with Crippen molar-refractivity contribution in [1.82, 2.24) is 4.90 Å². The largest absolute Gasteiger partial charge is 0.377 e. The zero-order valence-corrected chi connectivity index (χ0v) is 9.79. The van der Waals surface area contributed by atoms with Gasteiger partial charge in [-0.3, -0.25) is 0 Å². The van der Waals surface area contributed by atoms with Crippen molar-refractivity contribution in [2.45, 2.75) is 43.9 Å². The maximum absolute atomic E-state index is 5.79. The molecule has 0 saturated carbocycles. The van der Waals surface area contributed by atoms with Gasteiger partial charge in [-0.1, -0.05) is 15.9 Å². The maximum Gasteiger partial charge on any atom is 0.0605 e. The van der Waals surface area contributed by atoms with Crippen LogP contribution < -0.4 is 0 Å². The lowest BCUT2D eigenvalue weighted by molar-refractivity contribution is -0.00507. The third-order valence-corrected chi connectivity index (χ3v) is 3.81. The summed E-state index contributed by atoms with van der Waals surface area (Å²) >= 11 is 3.40. The van der Waals surface area contributed by atoms with Crippen LogP contribution in [0, 0.1) is 0 Å². The third kappa shape index (κ3) is 2.08. The third-order valence-electron chi connectivity index (χ3n) is 3.49. The number of hydrogen-bond acceptors (Lipinski definition) is 2. The Morgan fingerprint density at radius 2 is 1.92 bits per heavy atom. The second-order valence-electron chi connectivity index (χ2n) is 4.20. The van der Waals surface area contributed by atoms with Gasteiger partial charge in [-0.15, -0.1) is 0 Å². The number of piperidine rings is 1. The highest BCUT2D eigenvalue weighted by Gasteiger charge is 2.38. The van der Waals surface area contributed by atoms with E-state index in [0.717, 1.165) is 24.0 Å². The molecule has 0 amide bonds. The van der Waals surface area contributed by atoms with E-state index in [4.69, 9.17) is 4.74 Å². The van der Waals surface area contributed by atoms with Gasteiger partial charge in [-0.2, -0.15) is 0 Å². The van der Waals surface area contributed by atoms with Crippen LogP contribution in [0.3, 0.4) is 0 Å². The SMILES string of the molecule is CN1C2CCC1CC(OCCBr)C2. The Balaban J connectivity index is 1.84. The zero-order chi connectivity index (χ0) is 9.26. The number of alkyl halides is 1. The van der Waals surface area contributed by atoms with Crippen molar-refractivity contribution in [3.8, 4) is 0 Å². The van der Waals surface area contributed by atoms with Gasteiger partial charge in [0.2, 0.25) is 0 Å². The Bertz CT molecular complexity index is 162. The number of rotatable bonds is 3. The Kier molecular flexibility index (Phi) is 3.27. The highest BCUT2D eigenvalue weighted by molar-refractivity contribution is 9.09. The van der Waals surface area contributed by atoms with E-state index < -0.39 is 0 Å². The number of fused-ring (bicyclic) bond motifs is 2. The molecule has 0 aromatic rings. The quantitative estimate of drug-likeness (QED) is 0.708. The maximum atomic E-state index is 5.79. The standard InChI is InChI=1S/C10H18BrNO/c1-12-8-2-3-9(12)7-10(6-8)13-5-4-11/h8-10H,2-7H2,1H3. The van der Waals surface area contributed by atoms with Crippen molar-refractivity contribution in [1.29, 1.82) is 0 Å². The molecule has 2 atom stereocenters. The van der Waals surface area contributed by atoms with Crippen molar-refractivity contribution >= 4 is 15.9 Å². The van der Waals surface area contributed by atoms with Crippen LogP contribution in [0.15, 0.2) is 0 Å². The molecule has 0 aromatic carbocycles. The summed E-state index contributed by atoms with van der Waals surface area (Å²) in [5.74, 6) is 0. The van der Waals surface area contributed by atoms with Crippen LogP contribution in [-0.4, -0.2) is 42.1 Å².